The van der Waals surface area contributed by atoms with Gasteiger partial charge in [0.05, 0.1) is 6.54 Å². The van der Waals surface area contributed by atoms with Crippen molar-refractivity contribution in [3.63, 3.8) is 0 Å². The van der Waals surface area contributed by atoms with Gasteiger partial charge in [0.15, 0.2) is 0 Å². The minimum atomic E-state index is -0.160. The van der Waals surface area contributed by atoms with Crippen LogP contribution < -0.4 is 16.0 Å². The van der Waals surface area contributed by atoms with E-state index in [4.69, 9.17) is 4.74 Å². The number of ether oxygens (including phenoxy) is 1. The zero-order valence-corrected chi connectivity index (χ0v) is 13.4. The van der Waals surface area contributed by atoms with Crippen LogP contribution in [0.3, 0.4) is 0 Å². The van der Waals surface area contributed by atoms with Gasteiger partial charge in [0.2, 0.25) is 5.91 Å². The fraction of sp³-hybridized carbons (Fsp3) is 0.500. The average molecular weight is 307 g/mol. The first-order valence-electron chi connectivity index (χ1n) is 7.43. The van der Waals surface area contributed by atoms with E-state index in [9.17, 15) is 9.59 Å². The molecule has 0 aromatic heterocycles. The van der Waals surface area contributed by atoms with E-state index >= 15 is 0 Å². The van der Waals surface area contributed by atoms with Gasteiger partial charge in [-0.15, -0.1) is 0 Å². The first kappa shape index (κ1) is 18.1. The Morgan fingerprint density at radius 2 is 2.05 bits per heavy atom. The summed E-state index contributed by atoms with van der Waals surface area (Å²) < 4.78 is 4.93. The molecule has 6 heteroatoms. The number of anilines is 1. The second kappa shape index (κ2) is 9.92. The lowest BCUT2D eigenvalue weighted by Crippen LogP contribution is -2.32. The predicted octanol–water partition coefficient (Wildman–Crippen LogP) is 1.39. The highest BCUT2D eigenvalue weighted by atomic mass is 16.5. The van der Waals surface area contributed by atoms with E-state index in [0.29, 0.717) is 24.4 Å². The third-order valence-corrected chi connectivity index (χ3v) is 2.89. The molecule has 0 aliphatic carbocycles. The van der Waals surface area contributed by atoms with Crippen molar-refractivity contribution in [1.82, 2.24) is 10.6 Å². The fourth-order valence-electron chi connectivity index (χ4n) is 1.76. The molecule has 1 aromatic rings. The molecule has 3 N–H and O–H groups in total. The van der Waals surface area contributed by atoms with E-state index in [-0.39, 0.29) is 24.4 Å². The van der Waals surface area contributed by atoms with E-state index < -0.39 is 0 Å². The third kappa shape index (κ3) is 7.19. The molecule has 0 aliphatic rings. The minimum absolute atomic E-state index is 0.133. The summed E-state index contributed by atoms with van der Waals surface area (Å²) in [5.41, 5.74) is 1.13. The number of rotatable bonds is 9. The number of benzene rings is 1. The molecule has 0 bridgehead atoms. The second-order valence-corrected chi connectivity index (χ2v) is 5.27. The summed E-state index contributed by atoms with van der Waals surface area (Å²) in [6.07, 6.45) is 0.763. The number of carbonyl (C=O) groups excluding carboxylic acids is 2. The molecule has 0 fully saturated rings. The van der Waals surface area contributed by atoms with E-state index in [0.717, 1.165) is 6.42 Å². The van der Waals surface area contributed by atoms with E-state index in [1.165, 1.54) is 0 Å². The standard InChI is InChI=1S/C16H25N3O3/c1-12(2)18-11-15(20)19-14-7-4-6-13(10-14)16(21)17-8-5-9-22-3/h4,6-7,10,12,18H,5,8-9,11H2,1-3H3,(H,17,21)(H,19,20). The average Bonchev–Trinajstić information content (AvgIpc) is 2.49. The highest BCUT2D eigenvalue weighted by molar-refractivity contribution is 5.97. The van der Waals surface area contributed by atoms with Crippen LogP contribution >= 0.6 is 0 Å². The molecule has 6 nitrogen and oxygen atoms in total. The van der Waals surface area contributed by atoms with Crippen molar-refractivity contribution in [2.45, 2.75) is 26.3 Å². The quantitative estimate of drug-likeness (QED) is 0.602. The lowest BCUT2D eigenvalue weighted by molar-refractivity contribution is -0.115. The first-order chi connectivity index (χ1) is 10.5. The Morgan fingerprint density at radius 3 is 2.73 bits per heavy atom. The largest absolute Gasteiger partial charge is 0.385 e. The zero-order chi connectivity index (χ0) is 16.4. The van der Waals surface area contributed by atoms with Gasteiger partial charge in [-0.1, -0.05) is 19.9 Å². The van der Waals surface area contributed by atoms with Crippen LogP contribution in [0.5, 0.6) is 0 Å². The molecule has 0 spiro atoms. The van der Waals surface area contributed by atoms with Gasteiger partial charge in [-0.25, -0.2) is 0 Å². The summed E-state index contributed by atoms with van der Waals surface area (Å²) in [6.45, 7) is 5.36. The van der Waals surface area contributed by atoms with Crippen molar-refractivity contribution in [2.24, 2.45) is 0 Å². The maximum atomic E-state index is 12.0. The monoisotopic (exact) mass is 307 g/mol. The van der Waals surface area contributed by atoms with Crippen molar-refractivity contribution in [1.29, 1.82) is 0 Å². The molecule has 2 amide bonds. The molecule has 0 aliphatic heterocycles. The van der Waals surface area contributed by atoms with Gasteiger partial charge in [-0.2, -0.15) is 0 Å². The minimum Gasteiger partial charge on any atom is -0.385 e. The second-order valence-electron chi connectivity index (χ2n) is 5.27. The lowest BCUT2D eigenvalue weighted by Gasteiger charge is -2.10. The molecule has 122 valence electrons. The fourth-order valence-corrected chi connectivity index (χ4v) is 1.76. The number of amides is 2. The van der Waals surface area contributed by atoms with Gasteiger partial charge in [-0.05, 0) is 24.6 Å². The Bertz CT molecular complexity index is 489. The van der Waals surface area contributed by atoms with Gasteiger partial charge < -0.3 is 20.7 Å². The molecule has 1 rings (SSSR count). The lowest BCUT2D eigenvalue weighted by atomic mass is 10.2. The van der Waals surface area contributed by atoms with E-state index in [1.807, 2.05) is 13.8 Å². The molecular weight excluding hydrogens is 282 g/mol. The first-order valence-corrected chi connectivity index (χ1v) is 7.43. The summed E-state index contributed by atoms with van der Waals surface area (Å²) in [7, 11) is 1.63. The number of hydrogen-bond donors (Lipinski definition) is 3. The van der Waals surface area contributed by atoms with Gasteiger partial charge in [0.1, 0.15) is 0 Å². The van der Waals surface area contributed by atoms with Gasteiger partial charge in [0, 0.05) is 37.6 Å². The Kier molecular flexibility index (Phi) is 8.17. The molecular formula is C16H25N3O3. The highest BCUT2D eigenvalue weighted by Gasteiger charge is 2.07. The van der Waals surface area contributed by atoms with E-state index in [1.54, 1.807) is 31.4 Å². The molecule has 22 heavy (non-hydrogen) atoms. The highest BCUT2D eigenvalue weighted by Crippen LogP contribution is 2.10. The van der Waals surface area contributed by atoms with Crippen molar-refractivity contribution in [3.05, 3.63) is 29.8 Å². The molecule has 0 unspecified atom stereocenters. The molecule has 0 atom stereocenters. The van der Waals surface area contributed by atoms with Crippen LogP contribution in [0.25, 0.3) is 0 Å². The van der Waals surface area contributed by atoms with Gasteiger partial charge in [-0.3, -0.25) is 9.59 Å². The molecule has 0 saturated carbocycles. The normalized spacial score (nSPS) is 10.5. The van der Waals surface area contributed by atoms with Gasteiger partial charge >= 0.3 is 0 Å². The maximum absolute atomic E-state index is 12.0. The van der Waals surface area contributed by atoms with Crippen LogP contribution in [0, 0.1) is 0 Å². The number of carbonyl (C=O) groups is 2. The van der Waals surface area contributed by atoms with Crippen LogP contribution in [-0.2, 0) is 9.53 Å². The SMILES string of the molecule is COCCCNC(=O)c1cccc(NC(=O)CNC(C)C)c1. The summed E-state index contributed by atoms with van der Waals surface area (Å²) in [5, 5.41) is 8.62. The van der Waals surface area contributed by atoms with E-state index in [2.05, 4.69) is 16.0 Å². The molecule has 0 heterocycles. The number of nitrogens with one attached hydrogen (secondary N) is 3. The van der Waals surface area contributed by atoms with Crippen molar-refractivity contribution >= 4 is 17.5 Å². The third-order valence-electron chi connectivity index (χ3n) is 2.89. The zero-order valence-electron chi connectivity index (χ0n) is 13.4. The maximum Gasteiger partial charge on any atom is 0.251 e. The predicted molar refractivity (Wildman–Crippen MR) is 87.0 cm³/mol. The summed E-state index contributed by atoms with van der Waals surface area (Å²) in [4.78, 5) is 23.7. The van der Waals surface area contributed by atoms with Crippen LogP contribution in [-0.4, -0.2) is 44.7 Å². The van der Waals surface area contributed by atoms with Gasteiger partial charge in [0.25, 0.3) is 5.91 Å². The van der Waals surface area contributed by atoms with Crippen LogP contribution in [0.2, 0.25) is 0 Å². The Labute approximate surface area is 131 Å². The Morgan fingerprint density at radius 1 is 1.27 bits per heavy atom. The van der Waals surface area contributed by atoms with Crippen molar-refractivity contribution in [3.8, 4) is 0 Å². The summed E-state index contributed by atoms with van der Waals surface area (Å²) in [5.74, 6) is -0.293. The van der Waals surface area contributed by atoms with Crippen molar-refractivity contribution < 1.29 is 14.3 Å². The Balaban J connectivity index is 2.50. The summed E-state index contributed by atoms with van der Waals surface area (Å²) in [6, 6.07) is 7.13. The van der Waals surface area contributed by atoms with Crippen LogP contribution in [0.4, 0.5) is 5.69 Å². The van der Waals surface area contributed by atoms with Crippen molar-refractivity contribution in [2.75, 3.05) is 32.1 Å². The molecule has 0 saturated heterocycles. The number of hydrogen-bond acceptors (Lipinski definition) is 4. The smallest absolute Gasteiger partial charge is 0.251 e. The molecule has 1 aromatic carbocycles. The Hall–Kier alpha value is -1.92. The molecule has 0 radical (unpaired) electrons. The number of methoxy groups -OCH3 is 1. The van der Waals surface area contributed by atoms with Crippen LogP contribution in [0.1, 0.15) is 30.6 Å². The topological polar surface area (TPSA) is 79.5 Å². The summed E-state index contributed by atoms with van der Waals surface area (Å²) >= 11 is 0. The van der Waals surface area contributed by atoms with Crippen LogP contribution in [0.15, 0.2) is 24.3 Å².